The van der Waals surface area contributed by atoms with E-state index in [-0.39, 0.29) is 17.3 Å². The van der Waals surface area contributed by atoms with Gasteiger partial charge in [0.2, 0.25) is 15.9 Å². The number of rotatable bonds is 4. The van der Waals surface area contributed by atoms with Gasteiger partial charge in [-0.3, -0.25) is 4.79 Å². The van der Waals surface area contributed by atoms with Crippen LogP contribution in [0.2, 0.25) is 0 Å². The first-order chi connectivity index (χ1) is 12.0. The van der Waals surface area contributed by atoms with Gasteiger partial charge in [0.15, 0.2) is 0 Å². The number of sulfonamides is 1. The Morgan fingerprint density at radius 2 is 1.76 bits per heavy atom. The molecule has 0 aliphatic carbocycles. The molecule has 1 aliphatic rings. The first-order valence-electron chi connectivity index (χ1n) is 8.36. The first-order valence-corrected chi connectivity index (χ1v) is 9.80. The van der Waals surface area contributed by atoms with Gasteiger partial charge in [-0.05, 0) is 41.7 Å². The number of carbonyl (C=O) groups is 1. The Labute approximate surface area is 148 Å². The lowest BCUT2D eigenvalue weighted by molar-refractivity contribution is -0.124. The molecule has 2 aromatic carbocycles. The van der Waals surface area contributed by atoms with Crippen molar-refractivity contribution in [2.45, 2.75) is 37.2 Å². The number of hydrogen-bond donors (Lipinski definition) is 1. The van der Waals surface area contributed by atoms with E-state index < -0.39 is 16.1 Å². The summed E-state index contributed by atoms with van der Waals surface area (Å²) in [5.74, 6) is -0.289. The van der Waals surface area contributed by atoms with Crippen molar-refractivity contribution >= 4 is 15.9 Å². The molecule has 0 spiro atoms. The van der Waals surface area contributed by atoms with Crippen LogP contribution in [0, 0.1) is 0 Å². The molecule has 1 unspecified atom stereocenters. The number of aryl methyl sites for hydroxylation is 1. The Hall–Kier alpha value is -2.18. The number of benzene rings is 2. The second-order valence-electron chi connectivity index (χ2n) is 6.15. The summed E-state index contributed by atoms with van der Waals surface area (Å²) < 4.78 is 27.7. The molecule has 0 saturated carbocycles. The van der Waals surface area contributed by atoms with Gasteiger partial charge in [0.05, 0.1) is 4.90 Å². The van der Waals surface area contributed by atoms with Crippen molar-refractivity contribution in [2.75, 3.05) is 7.05 Å². The number of hydrogen-bond acceptors (Lipinski definition) is 3. The minimum Gasteiger partial charge on any atom is -0.358 e. The van der Waals surface area contributed by atoms with Gasteiger partial charge >= 0.3 is 0 Å². The molecule has 0 radical (unpaired) electrons. The summed E-state index contributed by atoms with van der Waals surface area (Å²) in [5, 5.41) is 2.59. The van der Waals surface area contributed by atoms with Crippen molar-refractivity contribution in [1.29, 1.82) is 0 Å². The van der Waals surface area contributed by atoms with Gasteiger partial charge < -0.3 is 5.32 Å². The third kappa shape index (κ3) is 3.32. The van der Waals surface area contributed by atoms with Crippen LogP contribution in [0.1, 0.15) is 23.6 Å². The van der Waals surface area contributed by atoms with Crippen LogP contribution < -0.4 is 5.32 Å². The second-order valence-corrected chi connectivity index (χ2v) is 8.04. The van der Waals surface area contributed by atoms with Gasteiger partial charge in [-0.2, -0.15) is 4.31 Å². The quantitative estimate of drug-likeness (QED) is 0.910. The van der Waals surface area contributed by atoms with Crippen LogP contribution in [0.5, 0.6) is 0 Å². The van der Waals surface area contributed by atoms with Gasteiger partial charge in [-0.1, -0.05) is 43.3 Å². The largest absolute Gasteiger partial charge is 0.358 e. The van der Waals surface area contributed by atoms with E-state index in [4.69, 9.17) is 0 Å². The Morgan fingerprint density at radius 1 is 1.12 bits per heavy atom. The molecule has 25 heavy (non-hydrogen) atoms. The molecule has 1 amide bonds. The van der Waals surface area contributed by atoms with Gasteiger partial charge in [0, 0.05) is 13.6 Å². The summed E-state index contributed by atoms with van der Waals surface area (Å²) in [6.07, 6.45) is 1.22. The first kappa shape index (κ1) is 17.6. The second kappa shape index (κ2) is 6.98. The molecule has 2 aromatic rings. The summed E-state index contributed by atoms with van der Waals surface area (Å²) in [5.41, 5.74) is 3.03. The van der Waals surface area contributed by atoms with Crippen LogP contribution >= 0.6 is 0 Å². The van der Waals surface area contributed by atoms with Crippen LogP contribution in [-0.4, -0.2) is 31.7 Å². The predicted molar refractivity (Wildman–Crippen MR) is 96.5 cm³/mol. The maximum atomic E-state index is 13.2. The zero-order valence-corrected chi connectivity index (χ0v) is 15.2. The standard InChI is InChI=1S/C19H22N2O3S/c1-3-14-8-10-17(11-9-14)25(23,24)21-13-16-7-5-4-6-15(16)12-18(21)19(22)20-2/h4-11,18H,3,12-13H2,1-2H3,(H,20,22). The topological polar surface area (TPSA) is 66.5 Å². The zero-order valence-electron chi connectivity index (χ0n) is 14.4. The number of nitrogens with zero attached hydrogens (tertiary/aromatic N) is 1. The fourth-order valence-corrected chi connectivity index (χ4v) is 4.74. The zero-order chi connectivity index (χ0) is 18.0. The number of nitrogens with one attached hydrogen (secondary N) is 1. The molecule has 1 N–H and O–H groups in total. The lowest BCUT2D eigenvalue weighted by Gasteiger charge is -2.34. The average molecular weight is 358 g/mol. The monoisotopic (exact) mass is 358 g/mol. The van der Waals surface area contributed by atoms with E-state index >= 15 is 0 Å². The Bertz CT molecular complexity index is 876. The third-order valence-corrected chi connectivity index (χ3v) is 6.56. The van der Waals surface area contributed by atoms with Crippen molar-refractivity contribution in [2.24, 2.45) is 0 Å². The van der Waals surface area contributed by atoms with Crippen molar-refractivity contribution in [3.8, 4) is 0 Å². The van der Waals surface area contributed by atoms with Crippen LogP contribution in [0.15, 0.2) is 53.4 Å². The van der Waals surface area contributed by atoms with E-state index in [0.717, 1.165) is 23.1 Å². The summed E-state index contributed by atoms with van der Waals surface area (Å²) >= 11 is 0. The minimum atomic E-state index is -3.76. The highest BCUT2D eigenvalue weighted by atomic mass is 32.2. The highest BCUT2D eigenvalue weighted by Gasteiger charge is 2.39. The summed E-state index contributed by atoms with van der Waals surface area (Å²) in [6.45, 7) is 2.22. The summed E-state index contributed by atoms with van der Waals surface area (Å²) in [4.78, 5) is 12.6. The SMILES string of the molecule is CCc1ccc(S(=O)(=O)N2Cc3ccccc3CC2C(=O)NC)cc1. The molecule has 132 valence electrons. The predicted octanol–water partition coefficient (Wildman–Crippen LogP) is 2.11. The molecule has 0 aromatic heterocycles. The molecular formula is C19H22N2O3S. The fraction of sp³-hybridized carbons (Fsp3) is 0.316. The summed E-state index contributed by atoms with van der Waals surface area (Å²) in [6, 6.07) is 13.8. The summed E-state index contributed by atoms with van der Waals surface area (Å²) in [7, 11) is -2.23. The van der Waals surface area contributed by atoms with Gasteiger partial charge in [0.1, 0.15) is 6.04 Å². The van der Waals surface area contributed by atoms with Gasteiger partial charge in [0.25, 0.3) is 0 Å². The Balaban J connectivity index is 2.03. The molecule has 0 bridgehead atoms. The smallest absolute Gasteiger partial charge is 0.244 e. The van der Waals surface area contributed by atoms with E-state index in [1.54, 1.807) is 12.1 Å². The van der Waals surface area contributed by atoms with Crippen molar-refractivity contribution < 1.29 is 13.2 Å². The van der Waals surface area contributed by atoms with Crippen molar-refractivity contribution in [3.63, 3.8) is 0 Å². The molecule has 0 fully saturated rings. The Kier molecular flexibility index (Phi) is 4.92. The number of likely N-dealkylation sites (N-methyl/N-ethyl adjacent to an activating group) is 1. The molecular weight excluding hydrogens is 336 g/mol. The molecule has 1 aliphatic heterocycles. The van der Waals surface area contributed by atoms with Crippen LogP contribution in [0.4, 0.5) is 0 Å². The molecule has 6 heteroatoms. The lowest BCUT2D eigenvalue weighted by Crippen LogP contribution is -2.51. The van der Waals surface area contributed by atoms with Crippen LogP contribution in [-0.2, 0) is 34.2 Å². The minimum absolute atomic E-state index is 0.201. The van der Waals surface area contributed by atoms with Crippen LogP contribution in [0.3, 0.4) is 0 Å². The molecule has 1 heterocycles. The van der Waals surface area contributed by atoms with Crippen molar-refractivity contribution in [3.05, 3.63) is 65.2 Å². The Morgan fingerprint density at radius 3 is 2.36 bits per heavy atom. The lowest BCUT2D eigenvalue weighted by atomic mass is 9.95. The number of carbonyl (C=O) groups excluding carboxylic acids is 1. The fourth-order valence-electron chi connectivity index (χ4n) is 3.17. The van der Waals surface area contributed by atoms with Gasteiger partial charge in [-0.15, -0.1) is 0 Å². The van der Waals surface area contributed by atoms with E-state index in [1.807, 2.05) is 43.3 Å². The maximum Gasteiger partial charge on any atom is 0.244 e. The van der Waals surface area contributed by atoms with Crippen LogP contribution in [0.25, 0.3) is 0 Å². The maximum absolute atomic E-state index is 13.2. The van der Waals surface area contributed by atoms with E-state index in [0.29, 0.717) is 6.42 Å². The average Bonchev–Trinajstić information content (AvgIpc) is 2.66. The number of amides is 1. The highest BCUT2D eigenvalue weighted by molar-refractivity contribution is 7.89. The normalized spacial score (nSPS) is 17.8. The van der Waals surface area contributed by atoms with E-state index in [1.165, 1.54) is 11.4 Å². The van der Waals surface area contributed by atoms with Gasteiger partial charge in [-0.25, -0.2) is 8.42 Å². The molecule has 3 rings (SSSR count). The van der Waals surface area contributed by atoms with E-state index in [2.05, 4.69) is 5.32 Å². The third-order valence-electron chi connectivity index (χ3n) is 4.69. The molecule has 5 nitrogen and oxygen atoms in total. The molecule has 0 saturated heterocycles. The number of fused-ring (bicyclic) bond motifs is 1. The van der Waals surface area contributed by atoms with Crippen molar-refractivity contribution in [1.82, 2.24) is 9.62 Å². The highest BCUT2D eigenvalue weighted by Crippen LogP contribution is 2.29. The molecule has 1 atom stereocenters. The van der Waals surface area contributed by atoms with E-state index in [9.17, 15) is 13.2 Å².